The molecule has 406 valence electrons. The highest BCUT2D eigenvalue weighted by Crippen LogP contribution is 2.43. The van der Waals surface area contributed by atoms with Crippen molar-refractivity contribution in [1.82, 2.24) is 0 Å². The summed E-state index contributed by atoms with van der Waals surface area (Å²) in [5.41, 5.74) is 0. The summed E-state index contributed by atoms with van der Waals surface area (Å²) in [5.74, 6) is -0.802. The minimum absolute atomic E-state index is 0.0288. The third-order valence-corrected chi connectivity index (χ3v) is 13.2. The second kappa shape index (κ2) is 51.4. The van der Waals surface area contributed by atoms with Crippen molar-refractivity contribution in [2.45, 2.75) is 251 Å². The molecule has 0 bridgehead atoms. The molecule has 0 saturated carbocycles. The van der Waals surface area contributed by atoms with E-state index >= 15 is 0 Å². The highest BCUT2D eigenvalue weighted by molar-refractivity contribution is 7.47. The highest BCUT2D eigenvalue weighted by Gasteiger charge is 2.27. The minimum atomic E-state index is -4.39. The molecule has 0 aromatic heterocycles. The molecule has 0 aliphatic heterocycles. The van der Waals surface area contributed by atoms with E-state index in [0.717, 1.165) is 77.0 Å². The van der Waals surface area contributed by atoms with E-state index in [1.807, 2.05) is 21.1 Å². The summed E-state index contributed by atoms with van der Waals surface area (Å²) in [4.78, 5) is 35.7. The van der Waals surface area contributed by atoms with Crippen LogP contribution in [0.4, 0.5) is 0 Å². The van der Waals surface area contributed by atoms with Gasteiger partial charge in [0.15, 0.2) is 6.10 Å². The Hall–Kier alpha value is -2.55. The Morgan fingerprint density at radius 2 is 0.814 bits per heavy atom. The van der Waals surface area contributed by atoms with Crippen LogP contribution in [-0.2, 0) is 32.7 Å². The fourth-order valence-corrected chi connectivity index (χ4v) is 8.54. The molecule has 0 fully saturated rings. The predicted octanol–water partition coefficient (Wildman–Crippen LogP) is 17.7. The van der Waals surface area contributed by atoms with Gasteiger partial charge in [-0.1, -0.05) is 222 Å². The van der Waals surface area contributed by atoms with Crippen LogP contribution >= 0.6 is 7.82 Å². The average Bonchev–Trinajstić information content (AvgIpc) is 3.32. The zero-order valence-corrected chi connectivity index (χ0v) is 46.9. The van der Waals surface area contributed by atoms with Gasteiger partial charge < -0.3 is 18.9 Å². The number of likely N-dealkylation sites (N-methyl/N-ethyl adjacent to an activating group) is 1. The van der Waals surface area contributed by atoms with Crippen molar-refractivity contribution in [2.24, 2.45) is 0 Å². The van der Waals surface area contributed by atoms with E-state index in [4.69, 9.17) is 18.5 Å². The van der Waals surface area contributed by atoms with E-state index in [-0.39, 0.29) is 32.0 Å². The number of rotatable bonds is 52. The van der Waals surface area contributed by atoms with Crippen LogP contribution in [0.3, 0.4) is 0 Å². The topological polar surface area (TPSA) is 108 Å². The van der Waals surface area contributed by atoms with E-state index in [9.17, 15) is 19.0 Å². The lowest BCUT2D eigenvalue weighted by atomic mass is 10.0. The molecule has 0 amide bonds. The number of hydrogen-bond donors (Lipinski definition) is 1. The Balaban J connectivity index is 4.12. The van der Waals surface area contributed by atoms with Gasteiger partial charge in [0.1, 0.15) is 19.8 Å². The Morgan fingerprint density at radius 3 is 1.21 bits per heavy atom. The van der Waals surface area contributed by atoms with Crippen molar-refractivity contribution in [3.63, 3.8) is 0 Å². The van der Waals surface area contributed by atoms with Gasteiger partial charge in [-0.05, 0) is 83.5 Å². The summed E-state index contributed by atoms with van der Waals surface area (Å²) >= 11 is 0. The zero-order chi connectivity index (χ0) is 51.3. The summed E-state index contributed by atoms with van der Waals surface area (Å²) < 4.78 is 34.5. The van der Waals surface area contributed by atoms with Crippen molar-refractivity contribution >= 4 is 19.8 Å². The quantitative estimate of drug-likeness (QED) is 0.0211. The largest absolute Gasteiger partial charge is 0.472 e. The van der Waals surface area contributed by atoms with Crippen molar-refractivity contribution in [1.29, 1.82) is 0 Å². The van der Waals surface area contributed by atoms with E-state index in [1.165, 1.54) is 135 Å². The Morgan fingerprint density at radius 1 is 0.457 bits per heavy atom. The van der Waals surface area contributed by atoms with Gasteiger partial charge in [-0.25, -0.2) is 4.57 Å². The summed E-state index contributed by atoms with van der Waals surface area (Å²) in [6.45, 7) is 4.30. The number of phosphoric ester groups is 1. The third kappa shape index (κ3) is 54.8. The summed E-state index contributed by atoms with van der Waals surface area (Å²) in [6.07, 6.45) is 66.8. The average molecular weight is 1000 g/mol. The van der Waals surface area contributed by atoms with E-state index in [1.54, 1.807) is 0 Å². The fraction of sp³-hybridized carbons (Fsp3) is 0.767. The normalized spacial score (nSPS) is 13.9. The smallest absolute Gasteiger partial charge is 0.462 e. The SMILES string of the molecule is CC/C=C\C/C=C\C/C=C\C/C=C\CCCCCCCCCCCCCCCCCCC(=O)OC(COC(=O)CCCCCCCCC/C=C\C/C=C\CCCCC)COP(=O)(O)OCC[N+](C)(C)C. The molecule has 0 radical (unpaired) electrons. The van der Waals surface area contributed by atoms with Gasteiger partial charge in [0, 0.05) is 12.8 Å². The standard InChI is InChI=1S/C60H108NO8P/c1-6-8-10-12-14-16-18-20-22-24-25-26-27-28-29-30-31-32-33-34-35-37-39-41-43-45-47-49-51-53-60(63)69-58(57-68-70(64,65)67-55-54-61(3,4)5)56-66-59(62)52-50-48-46-44-42-40-38-36-23-21-19-17-15-13-11-9-7-2/h8,10,14-17,20-23,25-26,58H,6-7,9,11-13,18-19,24,27-57H2,1-5H3/p+1/b10-8-,16-14-,17-15-,22-20-,23-21-,26-25-. The van der Waals surface area contributed by atoms with Crippen molar-refractivity contribution in [3.05, 3.63) is 72.9 Å². The first-order valence-corrected chi connectivity index (χ1v) is 30.2. The molecule has 0 aliphatic carbocycles. The summed E-state index contributed by atoms with van der Waals surface area (Å²) in [6, 6.07) is 0. The van der Waals surface area contributed by atoms with Gasteiger partial charge in [0.25, 0.3) is 0 Å². The lowest BCUT2D eigenvalue weighted by Crippen LogP contribution is -2.37. The third-order valence-electron chi connectivity index (χ3n) is 12.2. The molecule has 0 aliphatic rings. The van der Waals surface area contributed by atoms with Crippen LogP contribution in [0.25, 0.3) is 0 Å². The number of ether oxygens (including phenoxy) is 2. The number of hydrogen-bond acceptors (Lipinski definition) is 7. The van der Waals surface area contributed by atoms with Gasteiger partial charge in [0.05, 0.1) is 27.7 Å². The zero-order valence-electron chi connectivity index (χ0n) is 46.0. The molecule has 9 nitrogen and oxygen atoms in total. The second-order valence-electron chi connectivity index (χ2n) is 20.3. The molecule has 0 aromatic rings. The first-order valence-electron chi connectivity index (χ1n) is 28.7. The van der Waals surface area contributed by atoms with Crippen molar-refractivity contribution in [3.8, 4) is 0 Å². The number of carbonyl (C=O) groups excluding carboxylic acids is 2. The van der Waals surface area contributed by atoms with E-state index < -0.39 is 26.5 Å². The number of phosphoric acid groups is 1. The first-order chi connectivity index (χ1) is 34.0. The predicted molar refractivity (Wildman–Crippen MR) is 298 cm³/mol. The summed E-state index contributed by atoms with van der Waals surface area (Å²) in [5, 5.41) is 0. The van der Waals surface area contributed by atoms with Crippen LogP contribution < -0.4 is 0 Å². The number of carbonyl (C=O) groups is 2. The molecule has 70 heavy (non-hydrogen) atoms. The van der Waals surface area contributed by atoms with Crippen LogP contribution in [-0.4, -0.2) is 74.9 Å². The van der Waals surface area contributed by atoms with Crippen LogP contribution in [0.5, 0.6) is 0 Å². The maximum Gasteiger partial charge on any atom is 0.472 e. The minimum Gasteiger partial charge on any atom is -0.462 e. The van der Waals surface area contributed by atoms with Crippen LogP contribution in [0.2, 0.25) is 0 Å². The number of unbranched alkanes of at least 4 members (excludes halogenated alkanes) is 26. The number of quaternary nitrogens is 1. The van der Waals surface area contributed by atoms with Crippen molar-refractivity contribution < 1.29 is 42.1 Å². The van der Waals surface area contributed by atoms with Gasteiger partial charge in [-0.15, -0.1) is 0 Å². The van der Waals surface area contributed by atoms with Crippen LogP contribution in [0.1, 0.15) is 245 Å². The molecule has 1 N–H and O–H groups in total. The molecule has 2 atom stereocenters. The lowest BCUT2D eigenvalue weighted by Gasteiger charge is -2.24. The molecule has 10 heteroatoms. The lowest BCUT2D eigenvalue weighted by molar-refractivity contribution is -0.870. The van der Waals surface area contributed by atoms with Crippen LogP contribution in [0.15, 0.2) is 72.9 Å². The Kier molecular flexibility index (Phi) is 49.5. The maximum atomic E-state index is 12.8. The van der Waals surface area contributed by atoms with Crippen LogP contribution in [0, 0.1) is 0 Å². The molecular weight excluding hydrogens is 894 g/mol. The number of nitrogens with zero attached hydrogens (tertiary/aromatic N) is 1. The first kappa shape index (κ1) is 67.5. The molecular formula is C60H109NO8P+. The number of allylic oxidation sites excluding steroid dienone is 12. The highest BCUT2D eigenvalue weighted by atomic mass is 31.2. The van der Waals surface area contributed by atoms with Gasteiger partial charge in [0.2, 0.25) is 0 Å². The second-order valence-corrected chi connectivity index (χ2v) is 21.7. The Labute approximate surface area is 431 Å². The summed E-state index contributed by atoms with van der Waals surface area (Å²) in [7, 11) is 1.47. The van der Waals surface area contributed by atoms with Gasteiger partial charge in [-0.3, -0.25) is 18.6 Å². The molecule has 0 spiro atoms. The molecule has 2 unspecified atom stereocenters. The molecule has 0 aromatic carbocycles. The maximum absolute atomic E-state index is 12.8. The Bertz CT molecular complexity index is 1410. The van der Waals surface area contributed by atoms with E-state index in [2.05, 4.69) is 86.8 Å². The molecule has 0 rings (SSSR count). The molecule has 0 saturated heterocycles. The monoisotopic (exact) mass is 1000 g/mol. The molecule has 0 heterocycles. The van der Waals surface area contributed by atoms with Crippen molar-refractivity contribution in [2.75, 3.05) is 47.5 Å². The fourth-order valence-electron chi connectivity index (χ4n) is 7.80. The van der Waals surface area contributed by atoms with Gasteiger partial charge >= 0.3 is 19.8 Å². The van der Waals surface area contributed by atoms with E-state index in [0.29, 0.717) is 17.4 Å². The number of esters is 2. The van der Waals surface area contributed by atoms with Gasteiger partial charge in [-0.2, -0.15) is 0 Å².